The van der Waals surface area contributed by atoms with Gasteiger partial charge in [0.05, 0.1) is 25.0 Å². The number of carbonyl (C=O) groups excluding carboxylic acids is 2. The Hall–Kier alpha value is -1.17. The molecule has 7 nitrogen and oxygen atoms in total. The molecule has 0 aliphatic rings. The number of nitrogens with one attached hydrogen (secondary N) is 1. The van der Waals surface area contributed by atoms with Crippen LogP contribution in [0.3, 0.4) is 0 Å². The molecule has 2 heterocycles. The summed E-state index contributed by atoms with van der Waals surface area (Å²) in [6, 6.07) is 0. The molecule has 0 unspecified atom stereocenters. The maximum absolute atomic E-state index is 12.0. The van der Waals surface area contributed by atoms with Gasteiger partial charge in [-0.2, -0.15) is 0 Å². The van der Waals surface area contributed by atoms with Crippen LogP contribution in [0.2, 0.25) is 0 Å². The monoisotopic (exact) mass is 418 g/mol. The topological polar surface area (TPSA) is 94.1 Å². The number of unbranched alkanes of at least 4 members (excludes halogenated alkanes) is 1. The first-order valence-corrected chi connectivity index (χ1v) is 11.2. The highest BCUT2D eigenvalue weighted by atomic mass is 32.2. The number of esters is 1. The number of carbonyl (C=O) groups is 2. The van der Waals surface area contributed by atoms with Crippen LogP contribution in [0.4, 0.5) is 5.13 Å². The second-order valence-corrected chi connectivity index (χ2v) is 9.17. The van der Waals surface area contributed by atoms with Gasteiger partial charge in [0, 0.05) is 11.1 Å². The summed E-state index contributed by atoms with van der Waals surface area (Å²) < 4.78 is 6.30. The van der Waals surface area contributed by atoms with Gasteiger partial charge < -0.3 is 10.1 Å². The number of rotatable bonds is 10. The Kier molecular flexibility index (Phi) is 8.65. The molecule has 0 bridgehead atoms. The summed E-state index contributed by atoms with van der Waals surface area (Å²) in [4.78, 5) is 27.4. The van der Waals surface area contributed by atoms with Crippen LogP contribution in [-0.2, 0) is 20.7 Å². The minimum atomic E-state index is -0.359. The van der Waals surface area contributed by atoms with Gasteiger partial charge in [-0.15, -0.1) is 21.5 Å². The van der Waals surface area contributed by atoms with E-state index in [-0.39, 0.29) is 24.1 Å². The van der Waals surface area contributed by atoms with Gasteiger partial charge in [0.1, 0.15) is 0 Å². The fourth-order valence-corrected chi connectivity index (χ4v) is 5.27. The van der Waals surface area contributed by atoms with E-state index in [1.165, 1.54) is 41.5 Å². The van der Waals surface area contributed by atoms with Crippen LogP contribution >= 0.6 is 46.2 Å². The predicted octanol–water partition coefficient (Wildman–Crippen LogP) is 3.33. The van der Waals surface area contributed by atoms with E-state index in [0.717, 1.165) is 27.3 Å². The molecule has 0 radical (unpaired) electrons. The van der Waals surface area contributed by atoms with Crippen molar-refractivity contribution in [2.75, 3.05) is 23.9 Å². The summed E-state index contributed by atoms with van der Waals surface area (Å²) in [7, 11) is 1.33. The standard InChI is InChI=1S/C14H18N4O3S4/c1-3-4-5-22-13-17-18-14(25-13)24-8-10(19)16-12-15-9(7-23-12)6-11(20)21-2/h7H,3-6,8H2,1-2H3,(H,15,16,19). The molecule has 0 atom stereocenters. The van der Waals surface area contributed by atoms with Crippen molar-refractivity contribution in [1.29, 1.82) is 0 Å². The lowest BCUT2D eigenvalue weighted by Gasteiger charge is -1.99. The van der Waals surface area contributed by atoms with E-state index in [4.69, 9.17) is 0 Å². The lowest BCUT2D eigenvalue weighted by atomic mass is 10.3. The Morgan fingerprint density at radius 2 is 2.04 bits per heavy atom. The molecule has 11 heteroatoms. The SMILES string of the molecule is CCCCSc1nnc(SCC(=O)Nc2nc(CC(=O)OC)cs2)s1. The van der Waals surface area contributed by atoms with Crippen LogP contribution in [0.5, 0.6) is 0 Å². The summed E-state index contributed by atoms with van der Waals surface area (Å²) in [6.07, 6.45) is 2.41. The Labute approximate surface area is 162 Å². The molecular formula is C14H18N4O3S4. The zero-order valence-electron chi connectivity index (χ0n) is 13.8. The molecule has 2 aromatic rings. The molecule has 1 amide bonds. The number of methoxy groups -OCH3 is 1. The summed E-state index contributed by atoms with van der Waals surface area (Å²) >= 11 is 5.83. The molecule has 0 aliphatic carbocycles. The van der Waals surface area contributed by atoms with Crippen molar-refractivity contribution >= 4 is 63.2 Å². The zero-order valence-corrected chi connectivity index (χ0v) is 17.1. The minimum Gasteiger partial charge on any atom is -0.469 e. The Morgan fingerprint density at radius 3 is 2.76 bits per heavy atom. The number of aromatic nitrogens is 3. The summed E-state index contributed by atoms with van der Waals surface area (Å²) in [6.45, 7) is 2.15. The zero-order chi connectivity index (χ0) is 18.1. The highest BCUT2D eigenvalue weighted by Gasteiger charge is 2.12. The van der Waals surface area contributed by atoms with E-state index < -0.39 is 0 Å². The van der Waals surface area contributed by atoms with Gasteiger partial charge in [0.15, 0.2) is 13.8 Å². The lowest BCUT2D eigenvalue weighted by Crippen LogP contribution is -2.14. The van der Waals surface area contributed by atoms with E-state index in [0.29, 0.717) is 10.8 Å². The summed E-state index contributed by atoms with van der Waals surface area (Å²) in [5.41, 5.74) is 0.581. The van der Waals surface area contributed by atoms with E-state index in [9.17, 15) is 9.59 Å². The third-order valence-corrected chi connectivity index (χ3v) is 6.87. The quantitative estimate of drug-likeness (QED) is 0.357. The van der Waals surface area contributed by atoms with Gasteiger partial charge in [-0.3, -0.25) is 9.59 Å². The molecule has 2 rings (SSSR count). The average Bonchev–Trinajstić information content (AvgIpc) is 3.22. The number of hydrogen-bond acceptors (Lipinski definition) is 10. The first kappa shape index (κ1) is 20.1. The van der Waals surface area contributed by atoms with Gasteiger partial charge >= 0.3 is 5.97 Å². The van der Waals surface area contributed by atoms with E-state index in [1.807, 2.05) is 0 Å². The third kappa shape index (κ3) is 7.30. The van der Waals surface area contributed by atoms with E-state index in [2.05, 4.69) is 32.2 Å². The smallest absolute Gasteiger partial charge is 0.311 e. The number of nitrogens with zero attached hydrogens (tertiary/aromatic N) is 3. The Morgan fingerprint density at radius 1 is 1.28 bits per heavy atom. The molecule has 1 N–H and O–H groups in total. The first-order chi connectivity index (χ1) is 12.1. The summed E-state index contributed by atoms with van der Waals surface area (Å²) in [5.74, 6) is 0.746. The fourth-order valence-electron chi connectivity index (χ4n) is 1.57. The van der Waals surface area contributed by atoms with Crippen LogP contribution in [0.15, 0.2) is 14.1 Å². The molecule has 25 heavy (non-hydrogen) atoms. The Balaban J connectivity index is 1.74. The number of hydrogen-bond donors (Lipinski definition) is 1. The van der Waals surface area contributed by atoms with Gasteiger partial charge in [-0.05, 0) is 6.42 Å². The molecule has 0 saturated heterocycles. The van der Waals surface area contributed by atoms with Crippen molar-refractivity contribution in [1.82, 2.24) is 15.2 Å². The summed E-state index contributed by atoms with van der Waals surface area (Å²) in [5, 5.41) is 13.1. The molecule has 0 aliphatic heterocycles. The van der Waals surface area contributed by atoms with Crippen LogP contribution in [-0.4, -0.2) is 45.7 Å². The maximum Gasteiger partial charge on any atom is 0.311 e. The highest BCUT2D eigenvalue weighted by Crippen LogP contribution is 2.29. The normalized spacial score (nSPS) is 10.6. The largest absolute Gasteiger partial charge is 0.469 e. The molecule has 2 aromatic heterocycles. The number of thiazole rings is 1. The maximum atomic E-state index is 12.0. The fraction of sp³-hybridized carbons (Fsp3) is 0.500. The average molecular weight is 419 g/mol. The predicted molar refractivity (Wildman–Crippen MR) is 103 cm³/mol. The highest BCUT2D eigenvalue weighted by molar-refractivity contribution is 8.03. The molecular weight excluding hydrogens is 400 g/mol. The van der Waals surface area contributed by atoms with Crippen LogP contribution in [0, 0.1) is 0 Å². The van der Waals surface area contributed by atoms with Crippen LogP contribution in [0.1, 0.15) is 25.5 Å². The molecule has 0 aromatic carbocycles. The second-order valence-electron chi connectivity index (χ2n) is 4.77. The molecule has 0 spiro atoms. The van der Waals surface area contributed by atoms with Crippen molar-refractivity contribution in [3.63, 3.8) is 0 Å². The minimum absolute atomic E-state index is 0.0981. The third-order valence-electron chi connectivity index (χ3n) is 2.79. The van der Waals surface area contributed by atoms with Gasteiger partial charge in [0.2, 0.25) is 5.91 Å². The first-order valence-electron chi connectivity index (χ1n) is 7.51. The van der Waals surface area contributed by atoms with Crippen molar-refractivity contribution in [3.8, 4) is 0 Å². The number of anilines is 1. The van der Waals surface area contributed by atoms with Crippen LogP contribution in [0.25, 0.3) is 0 Å². The molecule has 0 saturated carbocycles. The second kappa shape index (κ2) is 10.7. The number of amides is 1. The number of ether oxygens (including phenoxy) is 1. The number of thioether (sulfide) groups is 2. The molecule has 0 fully saturated rings. The van der Waals surface area contributed by atoms with Crippen molar-refractivity contribution < 1.29 is 14.3 Å². The lowest BCUT2D eigenvalue weighted by molar-refractivity contribution is -0.139. The van der Waals surface area contributed by atoms with Crippen molar-refractivity contribution in [2.24, 2.45) is 0 Å². The van der Waals surface area contributed by atoms with Crippen molar-refractivity contribution in [2.45, 2.75) is 34.9 Å². The molecule has 136 valence electrons. The van der Waals surface area contributed by atoms with Crippen LogP contribution < -0.4 is 5.32 Å². The van der Waals surface area contributed by atoms with Gasteiger partial charge in [0.25, 0.3) is 0 Å². The van der Waals surface area contributed by atoms with E-state index in [1.54, 1.807) is 17.1 Å². The van der Waals surface area contributed by atoms with Gasteiger partial charge in [-0.25, -0.2) is 4.98 Å². The van der Waals surface area contributed by atoms with Gasteiger partial charge in [-0.1, -0.05) is 48.2 Å². The Bertz CT molecular complexity index is 704. The van der Waals surface area contributed by atoms with E-state index >= 15 is 0 Å². The van der Waals surface area contributed by atoms with Crippen molar-refractivity contribution in [3.05, 3.63) is 11.1 Å².